The average Bonchev–Trinajstić information content (AvgIpc) is 1.88. The third-order valence-electron chi connectivity index (χ3n) is 1.13. The SMILES string of the molecule is [CH2]c1cccc(OC)c1.[Zn]. The summed E-state index contributed by atoms with van der Waals surface area (Å²) in [5.74, 6) is 0.863. The van der Waals surface area contributed by atoms with Crippen LogP contribution in [-0.2, 0) is 19.5 Å². The number of methoxy groups -OCH3 is 1. The number of hydrogen-bond donors (Lipinski definition) is 0. The standard InChI is InChI=1S/C8H9O.Zn/c1-7-4-3-5-8(6-7)9-2;/h3-6H,1H2,2H3;. The molecule has 0 heterocycles. The molecule has 0 atom stereocenters. The summed E-state index contributed by atoms with van der Waals surface area (Å²) in [6.45, 7) is 3.75. The fourth-order valence-electron chi connectivity index (χ4n) is 0.672. The summed E-state index contributed by atoms with van der Waals surface area (Å²) in [4.78, 5) is 0. The van der Waals surface area contributed by atoms with Crippen molar-refractivity contribution in [3.05, 3.63) is 36.8 Å². The Morgan fingerprint density at radius 3 is 2.50 bits per heavy atom. The summed E-state index contributed by atoms with van der Waals surface area (Å²) in [5, 5.41) is 0. The van der Waals surface area contributed by atoms with Gasteiger partial charge >= 0.3 is 0 Å². The first-order chi connectivity index (χ1) is 4.33. The molecule has 0 saturated carbocycles. The van der Waals surface area contributed by atoms with Crippen molar-refractivity contribution in [2.24, 2.45) is 0 Å². The minimum atomic E-state index is 0. The fraction of sp³-hybridized carbons (Fsp3) is 0.125. The van der Waals surface area contributed by atoms with Gasteiger partial charge in [-0.2, -0.15) is 0 Å². The van der Waals surface area contributed by atoms with Crippen LogP contribution >= 0.6 is 0 Å². The molecule has 0 aromatic heterocycles. The van der Waals surface area contributed by atoms with Crippen molar-refractivity contribution in [3.63, 3.8) is 0 Å². The second kappa shape index (κ2) is 4.46. The zero-order chi connectivity index (χ0) is 6.69. The third kappa shape index (κ3) is 2.49. The number of ether oxygens (including phenoxy) is 1. The van der Waals surface area contributed by atoms with E-state index in [1.54, 1.807) is 7.11 Å². The van der Waals surface area contributed by atoms with Crippen molar-refractivity contribution in [2.45, 2.75) is 0 Å². The minimum absolute atomic E-state index is 0. The largest absolute Gasteiger partial charge is 0.497 e. The van der Waals surface area contributed by atoms with E-state index in [0.717, 1.165) is 11.3 Å². The molecule has 1 nitrogen and oxygen atoms in total. The molecule has 0 aliphatic rings. The maximum atomic E-state index is 4.96. The van der Waals surface area contributed by atoms with Crippen LogP contribution in [-0.4, -0.2) is 7.11 Å². The Balaban J connectivity index is 0.000000810. The van der Waals surface area contributed by atoms with Gasteiger partial charge in [0.05, 0.1) is 7.11 Å². The summed E-state index contributed by atoms with van der Waals surface area (Å²) >= 11 is 0. The normalized spacial score (nSPS) is 8.20. The van der Waals surface area contributed by atoms with E-state index in [4.69, 9.17) is 4.74 Å². The predicted molar refractivity (Wildman–Crippen MR) is 37.5 cm³/mol. The van der Waals surface area contributed by atoms with Crippen LogP contribution in [0.25, 0.3) is 0 Å². The van der Waals surface area contributed by atoms with E-state index in [0.29, 0.717) is 0 Å². The molecule has 1 aromatic rings. The van der Waals surface area contributed by atoms with Crippen molar-refractivity contribution in [2.75, 3.05) is 7.11 Å². The van der Waals surface area contributed by atoms with Gasteiger partial charge in [-0.15, -0.1) is 0 Å². The van der Waals surface area contributed by atoms with E-state index in [1.165, 1.54) is 0 Å². The summed E-state index contributed by atoms with van der Waals surface area (Å²) < 4.78 is 4.96. The van der Waals surface area contributed by atoms with Crippen LogP contribution in [0.15, 0.2) is 24.3 Å². The van der Waals surface area contributed by atoms with Crippen LogP contribution in [0.4, 0.5) is 0 Å². The Morgan fingerprint density at radius 2 is 2.10 bits per heavy atom. The Hall–Kier alpha value is -0.357. The van der Waals surface area contributed by atoms with Gasteiger partial charge in [0, 0.05) is 19.5 Å². The summed E-state index contributed by atoms with van der Waals surface area (Å²) in [5.41, 5.74) is 0.981. The van der Waals surface area contributed by atoms with Gasteiger partial charge in [0.1, 0.15) is 5.75 Å². The molecule has 0 amide bonds. The van der Waals surface area contributed by atoms with Crippen LogP contribution in [0.3, 0.4) is 0 Å². The molecular weight excluding hydrogens is 177 g/mol. The van der Waals surface area contributed by atoms with Gasteiger partial charge in [-0.1, -0.05) is 12.1 Å². The van der Waals surface area contributed by atoms with E-state index < -0.39 is 0 Å². The number of rotatable bonds is 1. The molecule has 0 spiro atoms. The van der Waals surface area contributed by atoms with E-state index in [1.807, 2.05) is 24.3 Å². The van der Waals surface area contributed by atoms with Gasteiger partial charge in [0.2, 0.25) is 0 Å². The molecule has 0 N–H and O–H groups in total. The van der Waals surface area contributed by atoms with Crippen molar-refractivity contribution in [1.29, 1.82) is 0 Å². The molecule has 1 rings (SSSR count). The Morgan fingerprint density at radius 1 is 1.40 bits per heavy atom. The van der Waals surface area contributed by atoms with Gasteiger partial charge in [-0.05, 0) is 24.6 Å². The molecule has 0 aliphatic carbocycles. The molecule has 10 heavy (non-hydrogen) atoms. The molecule has 49 valence electrons. The molecule has 0 unspecified atom stereocenters. The Kier molecular flexibility index (Phi) is 4.30. The van der Waals surface area contributed by atoms with E-state index in [-0.39, 0.29) is 19.5 Å². The maximum Gasteiger partial charge on any atom is 0.119 e. The Bertz CT molecular complexity index is 198. The van der Waals surface area contributed by atoms with Crippen molar-refractivity contribution in [1.82, 2.24) is 0 Å². The van der Waals surface area contributed by atoms with Crippen molar-refractivity contribution < 1.29 is 24.2 Å². The molecule has 2 heteroatoms. The van der Waals surface area contributed by atoms with Crippen LogP contribution in [0, 0.1) is 6.92 Å². The number of hydrogen-bond acceptors (Lipinski definition) is 1. The van der Waals surface area contributed by atoms with Gasteiger partial charge in [0.15, 0.2) is 0 Å². The number of benzene rings is 1. The fourth-order valence-corrected chi connectivity index (χ4v) is 0.672. The molecule has 1 aromatic carbocycles. The van der Waals surface area contributed by atoms with Crippen LogP contribution in [0.5, 0.6) is 5.75 Å². The molecular formula is C8H9OZn. The van der Waals surface area contributed by atoms with Gasteiger partial charge in [-0.25, -0.2) is 0 Å². The van der Waals surface area contributed by atoms with Crippen LogP contribution in [0.1, 0.15) is 5.56 Å². The summed E-state index contributed by atoms with van der Waals surface area (Å²) in [6.07, 6.45) is 0. The first-order valence-corrected chi connectivity index (χ1v) is 2.79. The second-order valence-corrected chi connectivity index (χ2v) is 1.85. The maximum absolute atomic E-state index is 4.96. The molecule has 0 fully saturated rings. The van der Waals surface area contributed by atoms with Gasteiger partial charge in [0.25, 0.3) is 0 Å². The van der Waals surface area contributed by atoms with Crippen molar-refractivity contribution >= 4 is 0 Å². The first kappa shape index (κ1) is 9.64. The zero-order valence-electron chi connectivity index (χ0n) is 6.13. The molecule has 0 saturated heterocycles. The minimum Gasteiger partial charge on any atom is -0.497 e. The molecule has 0 bridgehead atoms. The van der Waals surface area contributed by atoms with E-state index in [9.17, 15) is 0 Å². The second-order valence-electron chi connectivity index (χ2n) is 1.85. The first-order valence-electron chi connectivity index (χ1n) is 2.79. The van der Waals surface area contributed by atoms with Crippen LogP contribution in [0.2, 0.25) is 0 Å². The van der Waals surface area contributed by atoms with E-state index >= 15 is 0 Å². The topological polar surface area (TPSA) is 9.23 Å². The smallest absolute Gasteiger partial charge is 0.119 e. The quantitative estimate of drug-likeness (QED) is 0.609. The van der Waals surface area contributed by atoms with Crippen molar-refractivity contribution in [3.8, 4) is 5.75 Å². The molecule has 1 radical (unpaired) electrons. The monoisotopic (exact) mass is 185 g/mol. The third-order valence-corrected chi connectivity index (χ3v) is 1.13. The van der Waals surface area contributed by atoms with E-state index in [2.05, 4.69) is 6.92 Å². The summed E-state index contributed by atoms with van der Waals surface area (Å²) in [6, 6.07) is 7.64. The van der Waals surface area contributed by atoms with Gasteiger partial charge in [-0.3, -0.25) is 0 Å². The predicted octanol–water partition coefficient (Wildman–Crippen LogP) is 1.87. The van der Waals surface area contributed by atoms with Crippen LogP contribution < -0.4 is 4.74 Å². The molecule has 0 aliphatic heterocycles. The average molecular weight is 187 g/mol. The Labute approximate surface area is 74.2 Å². The summed E-state index contributed by atoms with van der Waals surface area (Å²) in [7, 11) is 1.65. The van der Waals surface area contributed by atoms with Gasteiger partial charge < -0.3 is 4.74 Å². The zero-order valence-corrected chi connectivity index (χ0v) is 9.10.